The topological polar surface area (TPSA) is 79.7 Å². The molecule has 0 unspecified atom stereocenters. The van der Waals surface area contributed by atoms with E-state index in [2.05, 4.69) is 9.88 Å². The molecule has 0 saturated carbocycles. The number of rotatable bonds is 4. The van der Waals surface area contributed by atoms with Crippen molar-refractivity contribution >= 4 is 40.3 Å². The van der Waals surface area contributed by atoms with Crippen LogP contribution in [0.5, 0.6) is 0 Å². The quantitative estimate of drug-likeness (QED) is 0.840. The maximum atomic E-state index is 11.8. The average Bonchev–Trinajstić information content (AvgIpc) is 2.61. The van der Waals surface area contributed by atoms with Gasteiger partial charge in [-0.2, -0.15) is 0 Å². The van der Waals surface area contributed by atoms with Gasteiger partial charge in [0.25, 0.3) is 0 Å². The molecule has 0 atom stereocenters. The Labute approximate surface area is 150 Å². The summed E-state index contributed by atoms with van der Waals surface area (Å²) in [4.78, 5) is 29.9. The smallest absolute Gasteiger partial charge is 0.337 e. The molecule has 0 radical (unpaired) electrons. The lowest BCUT2D eigenvalue weighted by Crippen LogP contribution is -2.37. The number of benzene rings is 1. The number of fused-ring (bicyclic) bond motifs is 1. The van der Waals surface area contributed by atoms with Crippen molar-refractivity contribution in [2.24, 2.45) is 5.92 Å². The molecule has 1 aromatic carbocycles. The number of carbonyl (C=O) groups excluding carboxylic acids is 1. The number of carboxylic acids is 1. The Kier molecular flexibility index (Phi) is 5.08. The molecule has 2 heterocycles. The fourth-order valence-corrected chi connectivity index (χ4v) is 3.41. The van der Waals surface area contributed by atoms with Gasteiger partial charge < -0.3 is 14.7 Å². The molecular weight excluding hydrogens is 344 g/mol. The summed E-state index contributed by atoms with van der Waals surface area (Å²) in [6.07, 6.45) is 1.44. The minimum Gasteiger partial charge on any atom is -0.478 e. The normalized spacial score (nSPS) is 15.4. The number of carboxylic acid groups (broad SMARTS) is 1. The monoisotopic (exact) mass is 362 g/mol. The SMILES string of the molecule is CCOC(=O)C1CCN(c2ccc3c(C(=O)O)c(Cl)ccc3n2)CC1. The molecule has 1 aromatic heterocycles. The van der Waals surface area contributed by atoms with Crippen molar-refractivity contribution in [1.82, 2.24) is 4.98 Å². The van der Waals surface area contributed by atoms with Crippen LogP contribution in [0.1, 0.15) is 30.1 Å². The Morgan fingerprint density at radius 3 is 2.64 bits per heavy atom. The summed E-state index contributed by atoms with van der Waals surface area (Å²) in [5.41, 5.74) is 0.658. The van der Waals surface area contributed by atoms with E-state index in [1.165, 1.54) is 0 Å². The van der Waals surface area contributed by atoms with Crippen molar-refractivity contribution in [3.63, 3.8) is 0 Å². The molecule has 3 rings (SSSR count). The molecule has 1 N–H and O–H groups in total. The van der Waals surface area contributed by atoms with Crippen molar-refractivity contribution in [2.45, 2.75) is 19.8 Å². The Hall–Kier alpha value is -2.34. The van der Waals surface area contributed by atoms with Crippen molar-refractivity contribution in [3.8, 4) is 0 Å². The van der Waals surface area contributed by atoms with Gasteiger partial charge in [0.15, 0.2) is 0 Å². The number of pyridine rings is 1. The Balaban J connectivity index is 1.81. The van der Waals surface area contributed by atoms with Crippen LogP contribution in [0.25, 0.3) is 10.9 Å². The molecule has 1 aliphatic heterocycles. The summed E-state index contributed by atoms with van der Waals surface area (Å²) in [6, 6.07) is 6.82. The van der Waals surface area contributed by atoms with Crippen molar-refractivity contribution in [2.75, 3.05) is 24.6 Å². The summed E-state index contributed by atoms with van der Waals surface area (Å²) in [5.74, 6) is -0.489. The molecule has 1 fully saturated rings. The zero-order valence-electron chi connectivity index (χ0n) is 13.9. The van der Waals surface area contributed by atoms with E-state index >= 15 is 0 Å². The van der Waals surface area contributed by atoms with E-state index in [1.807, 2.05) is 6.92 Å². The van der Waals surface area contributed by atoms with E-state index in [-0.39, 0.29) is 22.5 Å². The Morgan fingerprint density at radius 2 is 2.00 bits per heavy atom. The third-order valence-corrected chi connectivity index (χ3v) is 4.77. The molecule has 25 heavy (non-hydrogen) atoms. The standard InChI is InChI=1S/C18H19ClN2O4/c1-2-25-18(24)11-7-9-21(10-8-11)15-6-3-12-14(20-15)5-4-13(19)16(12)17(22)23/h3-6,11H,2,7-10H2,1H3,(H,22,23). The largest absolute Gasteiger partial charge is 0.478 e. The van der Waals surface area contributed by atoms with Crippen LogP contribution >= 0.6 is 11.6 Å². The second-order valence-electron chi connectivity index (χ2n) is 5.98. The van der Waals surface area contributed by atoms with Gasteiger partial charge in [-0.3, -0.25) is 4.79 Å². The van der Waals surface area contributed by atoms with Gasteiger partial charge in [-0.05, 0) is 44.0 Å². The van der Waals surface area contributed by atoms with Crippen LogP contribution in [0.15, 0.2) is 24.3 Å². The van der Waals surface area contributed by atoms with Crippen LogP contribution in [0.3, 0.4) is 0 Å². The van der Waals surface area contributed by atoms with E-state index in [4.69, 9.17) is 16.3 Å². The van der Waals surface area contributed by atoms with Crippen molar-refractivity contribution < 1.29 is 19.4 Å². The summed E-state index contributed by atoms with van der Waals surface area (Å²) in [6.45, 7) is 3.63. The van der Waals surface area contributed by atoms with Gasteiger partial charge in [-0.25, -0.2) is 9.78 Å². The molecular formula is C18H19ClN2O4. The molecule has 7 heteroatoms. The first-order valence-electron chi connectivity index (χ1n) is 8.25. The maximum absolute atomic E-state index is 11.8. The Morgan fingerprint density at radius 1 is 1.28 bits per heavy atom. The second-order valence-corrected chi connectivity index (χ2v) is 6.38. The molecule has 1 saturated heterocycles. The second kappa shape index (κ2) is 7.27. The van der Waals surface area contributed by atoms with Gasteiger partial charge in [-0.15, -0.1) is 0 Å². The number of carbonyl (C=O) groups is 2. The Bertz CT molecular complexity index is 816. The summed E-state index contributed by atoms with van der Waals surface area (Å²) < 4.78 is 5.09. The predicted molar refractivity (Wildman–Crippen MR) is 95.3 cm³/mol. The highest BCUT2D eigenvalue weighted by molar-refractivity contribution is 6.35. The third kappa shape index (κ3) is 3.54. The summed E-state index contributed by atoms with van der Waals surface area (Å²) in [5, 5.41) is 10.1. The molecule has 1 aliphatic rings. The van der Waals surface area contributed by atoms with Crippen molar-refractivity contribution in [1.29, 1.82) is 0 Å². The first-order valence-corrected chi connectivity index (χ1v) is 8.63. The lowest BCUT2D eigenvalue weighted by Gasteiger charge is -2.31. The molecule has 2 aromatic rings. The lowest BCUT2D eigenvalue weighted by molar-refractivity contribution is -0.148. The molecule has 0 amide bonds. The molecule has 0 aliphatic carbocycles. The van der Waals surface area contributed by atoms with Gasteiger partial charge in [-0.1, -0.05) is 11.6 Å². The highest BCUT2D eigenvalue weighted by atomic mass is 35.5. The zero-order valence-corrected chi connectivity index (χ0v) is 14.6. The molecule has 0 bridgehead atoms. The van der Waals surface area contributed by atoms with Crippen LogP contribution in [0.2, 0.25) is 5.02 Å². The maximum Gasteiger partial charge on any atom is 0.337 e. The number of nitrogens with zero attached hydrogens (tertiary/aromatic N) is 2. The van der Waals surface area contributed by atoms with Gasteiger partial charge in [0.2, 0.25) is 0 Å². The first-order chi connectivity index (χ1) is 12.0. The number of aromatic nitrogens is 1. The van der Waals surface area contributed by atoms with Gasteiger partial charge in [0, 0.05) is 18.5 Å². The lowest BCUT2D eigenvalue weighted by atomic mass is 9.97. The van der Waals surface area contributed by atoms with E-state index < -0.39 is 5.97 Å². The number of esters is 1. The number of ether oxygens (including phenoxy) is 1. The number of hydrogen-bond donors (Lipinski definition) is 1. The first kappa shape index (κ1) is 17.5. The van der Waals surface area contributed by atoms with Gasteiger partial charge in [0.05, 0.1) is 28.6 Å². The predicted octanol–water partition coefficient (Wildman–Crippen LogP) is 3.37. The average molecular weight is 363 g/mol. The van der Waals surface area contributed by atoms with Crippen molar-refractivity contribution in [3.05, 3.63) is 34.9 Å². The molecule has 6 nitrogen and oxygen atoms in total. The number of hydrogen-bond acceptors (Lipinski definition) is 5. The highest BCUT2D eigenvalue weighted by Gasteiger charge is 2.26. The van der Waals surface area contributed by atoms with Gasteiger partial charge >= 0.3 is 11.9 Å². The van der Waals surface area contributed by atoms with Crippen LogP contribution in [-0.4, -0.2) is 41.7 Å². The minimum absolute atomic E-state index is 0.0610. The van der Waals surface area contributed by atoms with Crippen LogP contribution in [-0.2, 0) is 9.53 Å². The van der Waals surface area contributed by atoms with Gasteiger partial charge in [0.1, 0.15) is 5.82 Å². The highest BCUT2D eigenvalue weighted by Crippen LogP contribution is 2.29. The van der Waals surface area contributed by atoms with E-state index in [9.17, 15) is 14.7 Å². The zero-order chi connectivity index (χ0) is 18.0. The number of halogens is 1. The fraction of sp³-hybridized carbons (Fsp3) is 0.389. The molecule has 132 valence electrons. The minimum atomic E-state index is -1.07. The number of anilines is 1. The van der Waals surface area contributed by atoms with Crippen LogP contribution in [0.4, 0.5) is 5.82 Å². The van der Waals surface area contributed by atoms with Crippen LogP contribution < -0.4 is 4.90 Å². The number of aromatic carboxylic acids is 1. The van der Waals surface area contributed by atoms with E-state index in [0.29, 0.717) is 30.6 Å². The van der Waals surface area contributed by atoms with E-state index in [1.54, 1.807) is 24.3 Å². The number of piperidine rings is 1. The summed E-state index contributed by atoms with van der Waals surface area (Å²) in [7, 11) is 0. The summed E-state index contributed by atoms with van der Waals surface area (Å²) >= 11 is 6.00. The molecule has 0 spiro atoms. The third-order valence-electron chi connectivity index (χ3n) is 4.46. The van der Waals surface area contributed by atoms with Crippen LogP contribution in [0, 0.1) is 5.92 Å². The fourth-order valence-electron chi connectivity index (χ4n) is 3.16. The van der Waals surface area contributed by atoms with E-state index in [0.717, 1.165) is 18.7 Å².